The number of ketones is 3. The molecule has 0 aliphatic heterocycles. The van der Waals surface area contributed by atoms with Gasteiger partial charge in [0, 0.05) is 32.1 Å². The van der Waals surface area contributed by atoms with E-state index in [1.807, 2.05) is 91.0 Å². The molecule has 4 nitrogen and oxygen atoms in total. The van der Waals surface area contributed by atoms with Crippen LogP contribution < -0.4 is 4.74 Å². The first kappa shape index (κ1) is 27.1. The van der Waals surface area contributed by atoms with Gasteiger partial charge in [-0.1, -0.05) is 66.7 Å². The molecule has 0 unspecified atom stereocenters. The molecule has 192 valence electrons. The fourth-order valence-electron chi connectivity index (χ4n) is 4.09. The van der Waals surface area contributed by atoms with Crippen LogP contribution in [0.5, 0.6) is 5.75 Å². The van der Waals surface area contributed by atoms with Gasteiger partial charge in [0.15, 0.2) is 20.5 Å². The maximum Gasteiger partial charge on any atom is 0.177 e. The zero-order valence-corrected chi connectivity index (χ0v) is 22.1. The van der Waals surface area contributed by atoms with Crippen molar-refractivity contribution in [3.8, 4) is 5.75 Å². The molecular formula is C33H31O4S+. The van der Waals surface area contributed by atoms with Crippen LogP contribution in [0.1, 0.15) is 42.5 Å². The van der Waals surface area contributed by atoms with Crippen LogP contribution in [0.3, 0.4) is 0 Å². The third-order valence-corrected chi connectivity index (χ3v) is 8.35. The van der Waals surface area contributed by atoms with Crippen LogP contribution >= 0.6 is 0 Å². The normalized spacial score (nSPS) is 10.8. The van der Waals surface area contributed by atoms with Crippen molar-refractivity contribution in [3.63, 3.8) is 0 Å². The lowest BCUT2D eigenvalue weighted by Gasteiger charge is -2.11. The third kappa shape index (κ3) is 7.77. The topological polar surface area (TPSA) is 60.4 Å². The van der Waals surface area contributed by atoms with Gasteiger partial charge in [-0.2, -0.15) is 0 Å². The number of hydrogen-bond donors (Lipinski definition) is 0. The minimum absolute atomic E-state index is 0.0132. The first-order chi connectivity index (χ1) is 18.6. The summed E-state index contributed by atoms with van der Waals surface area (Å²) in [4.78, 5) is 41.2. The van der Waals surface area contributed by atoms with E-state index in [1.54, 1.807) is 0 Å². The molecule has 0 N–H and O–H groups in total. The van der Waals surface area contributed by atoms with Gasteiger partial charge < -0.3 is 4.74 Å². The van der Waals surface area contributed by atoms with E-state index >= 15 is 0 Å². The number of Topliss-reactive ketones (excluding diaryl/α,β-unsaturated/α-hetero) is 3. The minimum Gasteiger partial charge on any atom is -0.493 e. The second-order valence-electron chi connectivity index (χ2n) is 8.84. The third-order valence-electron chi connectivity index (χ3n) is 6.07. The van der Waals surface area contributed by atoms with E-state index in [2.05, 4.69) is 24.3 Å². The van der Waals surface area contributed by atoms with E-state index in [4.69, 9.17) is 4.74 Å². The summed E-state index contributed by atoms with van der Waals surface area (Å²) in [6, 6.07) is 37.4. The van der Waals surface area contributed by atoms with Crippen LogP contribution in [-0.2, 0) is 20.5 Å². The molecule has 0 heterocycles. The zero-order chi connectivity index (χ0) is 26.6. The highest BCUT2D eigenvalue weighted by Gasteiger charge is 2.32. The Morgan fingerprint density at radius 1 is 0.526 bits per heavy atom. The van der Waals surface area contributed by atoms with Gasteiger partial charge in [0.2, 0.25) is 0 Å². The highest BCUT2D eigenvalue weighted by atomic mass is 32.2. The summed E-state index contributed by atoms with van der Waals surface area (Å²) in [5.41, 5.74) is 0.644. The van der Waals surface area contributed by atoms with Crippen molar-refractivity contribution in [1.82, 2.24) is 0 Å². The molecule has 4 rings (SSSR count). The van der Waals surface area contributed by atoms with Crippen molar-refractivity contribution in [2.24, 2.45) is 0 Å². The van der Waals surface area contributed by atoms with Crippen molar-refractivity contribution in [2.45, 2.75) is 46.8 Å². The molecule has 0 atom stereocenters. The van der Waals surface area contributed by atoms with Gasteiger partial charge in [-0.25, -0.2) is 0 Å². The van der Waals surface area contributed by atoms with Gasteiger partial charge in [-0.15, -0.1) is 0 Å². The molecule has 4 aromatic rings. The first-order valence-electron chi connectivity index (χ1n) is 12.8. The lowest BCUT2D eigenvalue weighted by molar-refractivity contribution is -0.124. The summed E-state index contributed by atoms with van der Waals surface area (Å²) in [6.07, 6.45) is 0.841. The van der Waals surface area contributed by atoms with Crippen LogP contribution in [0.2, 0.25) is 0 Å². The number of ether oxygens (including phenoxy) is 1. The SMILES string of the molecule is O=C(CCOc1ccccc1)CCC(=O)CCC(=O)c1ccccc1[S+](c1ccccc1)c1ccccc1. The fourth-order valence-corrected chi connectivity index (χ4v) is 6.35. The molecule has 0 amide bonds. The Labute approximate surface area is 227 Å². The molecule has 0 saturated heterocycles. The van der Waals surface area contributed by atoms with Crippen LogP contribution in [-0.4, -0.2) is 24.0 Å². The number of rotatable bonds is 14. The van der Waals surface area contributed by atoms with Gasteiger partial charge >= 0.3 is 0 Å². The van der Waals surface area contributed by atoms with Crippen molar-refractivity contribution in [3.05, 3.63) is 121 Å². The summed E-state index contributed by atoms with van der Waals surface area (Å²) < 4.78 is 5.56. The Kier molecular flexibility index (Phi) is 10.1. The first-order valence-corrected chi connectivity index (χ1v) is 14.0. The number of carbonyl (C=O) groups excluding carboxylic acids is 3. The molecule has 0 aliphatic rings. The summed E-state index contributed by atoms with van der Waals surface area (Å²) in [5, 5.41) is 0. The van der Waals surface area contributed by atoms with E-state index in [-0.39, 0.29) is 56.1 Å². The lowest BCUT2D eigenvalue weighted by atomic mass is 10.0. The molecule has 0 bridgehead atoms. The Morgan fingerprint density at radius 3 is 1.61 bits per heavy atom. The van der Waals surface area contributed by atoms with Gasteiger partial charge in [-0.05, 0) is 48.5 Å². The highest BCUT2D eigenvalue weighted by molar-refractivity contribution is 7.97. The van der Waals surface area contributed by atoms with Gasteiger partial charge in [-0.3, -0.25) is 14.4 Å². The Hall–Kier alpha value is -3.96. The van der Waals surface area contributed by atoms with Crippen molar-refractivity contribution < 1.29 is 19.1 Å². The lowest BCUT2D eigenvalue weighted by Crippen LogP contribution is -2.13. The van der Waals surface area contributed by atoms with Gasteiger partial charge in [0.05, 0.1) is 12.2 Å². The van der Waals surface area contributed by atoms with E-state index in [1.165, 1.54) is 0 Å². The Morgan fingerprint density at radius 2 is 1.00 bits per heavy atom. The smallest absolute Gasteiger partial charge is 0.177 e. The predicted octanol–water partition coefficient (Wildman–Crippen LogP) is 7.13. The zero-order valence-electron chi connectivity index (χ0n) is 21.3. The molecule has 4 aromatic carbocycles. The number of hydrogen-bond acceptors (Lipinski definition) is 4. The maximum absolute atomic E-state index is 13.3. The summed E-state index contributed by atoms with van der Waals surface area (Å²) >= 11 is 0. The fraction of sp³-hybridized carbons (Fsp3) is 0.182. The number of para-hydroxylation sites is 1. The van der Waals surface area contributed by atoms with Crippen LogP contribution in [0.15, 0.2) is 130 Å². The van der Waals surface area contributed by atoms with Gasteiger partial charge in [0.25, 0.3) is 0 Å². The van der Waals surface area contributed by atoms with E-state index < -0.39 is 10.9 Å². The van der Waals surface area contributed by atoms with E-state index in [0.29, 0.717) is 5.56 Å². The maximum atomic E-state index is 13.3. The second-order valence-corrected chi connectivity index (χ2v) is 10.8. The average molecular weight is 524 g/mol. The number of carbonyl (C=O) groups is 3. The second kappa shape index (κ2) is 14.1. The van der Waals surface area contributed by atoms with E-state index in [9.17, 15) is 14.4 Å². The predicted molar refractivity (Wildman–Crippen MR) is 151 cm³/mol. The standard InChI is InChI=1S/C33H31O4S/c34-26(20-21-27(35)24-25-37-28-12-4-1-5-13-28)22-23-32(36)31-18-10-11-19-33(31)38(29-14-6-2-7-15-29)30-16-8-3-9-17-30/h1-19H,20-25H2/q+1. The Balaban J connectivity index is 1.34. The molecule has 0 fully saturated rings. The average Bonchev–Trinajstić information content (AvgIpc) is 2.97. The summed E-state index contributed by atoms with van der Waals surface area (Å²) in [6.45, 7) is 0.289. The summed E-state index contributed by atoms with van der Waals surface area (Å²) in [5.74, 6) is 0.581. The van der Waals surface area contributed by atoms with E-state index in [0.717, 1.165) is 20.4 Å². The van der Waals surface area contributed by atoms with Crippen molar-refractivity contribution in [2.75, 3.05) is 6.61 Å². The molecule has 0 aliphatic carbocycles. The quantitative estimate of drug-likeness (QED) is 0.130. The molecule has 5 heteroatoms. The molecule has 38 heavy (non-hydrogen) atoms. The van der Waals surface area contributed by atoms with Gasteiger partial charge in [0.1, 0.15) is 28.2 Å². The van der Waals surface area contributed by atoms with Crippen LogP contribution in [0.25, 0.3) is 0 Å². The Bertz CT molecular complexity index is 1300. The summed E-state index contributed by atoms with van der Waals surface area (Å²) in [7, 11) is -0.450. The highest BCUT2D eigenvalue weighted by Crippen LogP contribution is 2.33. The molecular weight excluding hydrogens is 492 g/mol. The molecule has 0 saturated carbocycles. The molecule has 0 spiro atoms. The van der Waals surface area contributed by atoms with Crippen LogP contribution in [0, 0.1) is 0 Å². The van der Waals surface area contributed by atoms with Crippen molar-refractivity contribution in [1.29, 1.82) is 0 Å². The van der Waals surface area contributed by atoms with Crippen LogP contribution in [0.4, 0.5) is 0 Å². The molecule has 0 radical (unpaired) electrons. The monoisotopic (exact) mass is 523 g/mol. The van der Waals surface area contributed by atoms with Crippen molar-refractivity contribution >= 4 is 28.2 Å². The molecule has 0 aromatic heterocycles. The largest absolute Gasteiger partial charge is 0.493 e. The minimum atomic E-state index is -0.450. The number of benzene rings is 4.